The number of rotatable bonds is 5. The molecular formula is C10H18N4O2. The van der Waals surface area contributed by atoms with Gasteiger partial charge in [-0.2, -0.15) is 5.10 Å². The quantitative estimate of drug-likeness (QED) is 0.618. The third-order valence-electron chi connectivity index (χ3n) is 2.27. The first-order chi connectivity index (χ1) is 7.49. The minimum atomic E-state index is -0.376. The molecule has 0 amide bonds. The molecule has 0 aliphatic rings. The third-order valence-corrected chi connectivity index (χ3v) is 2.27. The molecule has 0 aliphatic heterocycles. The van der Waals surface area contributed by atoms with Gasteiger partial charge >= 0.3 is 5.69 Å². The number of anilines is 1. The Kier molecular flexibility index (Phi) is 3.87. The Morgan fingerprint density at radius 1 is 1.56 bits per heavy atom. The highest BCUT2D eigenvalue weighted by atomic mass is 16.6. The van der Waals surface area contributed by atoms with Gasteiger partial charge in [0.15, 0.2) is 0 Å². The van der Waals surface area contributed by atoms with E-state index in [2.05, 4.69) is 10.4 Å². The average Bonchev–Trinajstić information content (AvgIpc) is 2.52. The van der Waals surface area contributed by atoms with E-state index < -0.39 is 0 Å². The van der Waals surface area contributed by atoms with Crippen LogP contribution < -0.4 is 5.32 Å². The number of aryl methyl sites for hydroxylation is 1. The van der Waals surface area contributed by atoms with Crippen LogP contribution in [0.4, 0.5) is 11.5 Å². The van der Waals surface area contributed by atoms with Crippen LogP contribution in [0.5, 0.6) is 0 Å². The molecule has 90 valence electrons. The van der Waals surface area contributed by atoms with E-state index in [4.69, 9.17) is 0 Å². The van der Waals surface area contributed by atoms with Crippen LogP contribution in [0, 0.1) is 17.0 Å². The van der Waals surface area contributed by atoms with Crippen LogP contribution in [-0.2, 0) is 0 Å². The van der Waals surface area contributed by atoms with Gasteiger partial charge in [0.1, 0.15) is 5.69 Å². The number of nitrogens with zero attached hydrogens (tertiary/aromatic N) is 3. The van der Waals surface area contributed by atoms with Crippen molar-refractivity contribution in [3.05, 3.63) is 15.8 Å². The van der Waals surface area contributed by atoms with E-state index in [0.717, 1.165) is 6.42 Å². The van der Waals surface area contributed by atoms with Crippen LogP contribution in [0.2, 0.25) is 0 Å². The molecule has 0 aliphatic carbocycles. The van der Waals surface area contributed by atoms with Crippen molar-refractivity contribution < 1.29 is 4.92 Å². The highest BCUT2D eigenvalue weighted by molar-refractivity contribution is 5.59. The van der Waals surface area contributed by atoms with Gasteiger partial charge in [0.05, 0.1) is 4.92 Å². The van der Waals surface area contributed by atoms with Crippen molar-refractivity contribution in [3.8, 4) is 0 Å². The normalized spacial score (nSPS) is 10.8. The summed E-state index contributed by atoms with van der Waals surface area (Å²) in [7, 11) is 0. The first kappa shape index (κ1) is 12.5. The fraction of sp³-hybridized carbons (Fsp3) is 0.700. The second kappa shape index (κ2) is 4.96. The van der Waals surface area contributed by atoms with Crippen molar-refractivity contribution in [3.63, 3.8) is 0 Å². The predicted molar refractivity (Wildman–Crippen MR) is 62.8 cm³/mol. The lowest BCUT2D eigenvalue weighted by Crippen LogP contribution is -2.11. The lowest BCUT2D eigenvalue weighted by Gasteiger charge is -2.10. The fourth-order valence-electron chi connectivity index (χ4n) is 1.54. The monoisotopic (exact) mass is 226 g/mol. The molecule has 6 heteroatoms. The molecule has 0 aromatic carbocycles. The largest absolute Gasteiger partial charge is 0.365 e. The van der Waals surface area contributed by atoms with Gasteiger partial charge in [-0.05, 0) is 27.2 Å². The van der Waals surface area contributed by atoms with Crippen molar-refractivity contribution in [2.45, 2.75) is 40.2 Å². The zero-order valence-electron chi connectivity index (χ0n) is 10.1. The highest BCUT2D eigenvalue weighted by Crippen LogP contribution is 2.30. The summed E-state index contributed by atoms with van der Waals surface area (Å²) in [5.41, 5.74) is 0.541. The van der Waals surface area contributed by atoms with E-state index in [1.54, 1.807) is 11.6 Å². The van der Waals surface area contributed by atoms with Crippen LogP contribution in [0.25, 0.3) is 0 Å². The molecule has 0 saturated carbocycles. The summed E-state index contributed by atoms with van der Waals surface area (Å²) in [6.07, 6.45) is 0.916. The minimum Gasteiger partial charge on any atom is -0.365 e. The van der Waals surface area contributed by atoms with Crippen LogP contribution in [0.15, 0.2) is 0 Å². The van der Waals surface area contributed by atoms with Crippen molar-refractivity contribution in [1.29, 1.82) is 0 Å². The topological polar surface area (TPSA) is 73.0 Å². The molecule has 1 rings (SSSR count). The van der Waals surface area contributed by atoms with Gasteiger partial charge in [-0.15, -0.1) is 0 Å². The second-order valence-electron chi connectivity index (χ2n) is 4.00. The van der Waals surface area contributed by atoms with E-state index in [0.29, 0.717) is 18.1 Å². The fourth-order valence-corrected chi connectivity index (χ4v) is 1.54. The van der Waals surface area contributed by atoms with Crippen LogP contribution >= 0.6 is 0 Å². The molecule has 16 heavy (non-hydrogen) atoms. The van der Waals surface area contributed by atoms with Gasteiger partial charge in [0.25, 0.3) is 0 Å². The Labute approximate surface area is 94.8 Å². The summed E-state index contributed by atoms with van der Waals surface area (Å²) < 4.78 is 1.67. The third kappa shape index (κ3) is 2.32. The lowest BCUT2D eigenvalue weighted by atomic mass is 10.3. The van der Waals surface area contributed by atoms with Crippen LogP contribution in [-0.4, -0.2) is 21.2 Å². The molecule has 1 heterocycles. The smallest absolute Gasteiger partial charge is 0.333 e. The second-order valence-corrected chi connectivity index (χ2v) is 4.00. The minimum absolute atomic E-state index is 0.0853. The Hall–Kier alpha value is -1.59. The van der Waals surface area contributed by atoms with E-state index >= 15 is 0 Å². The molecule has 1 aromatic heterocycles. The Morgan fingerprint density at radius 3 is 2.62 bits per heavy atom. The Balaban J connectivity index is 3.20. The van der Waals surface area contributed by atoms with Crippen LogP contribution in [0.1, 0.15) is 38.9 Å². The van der Waals surface area contributed by atoms with Crippen molar-refractivity contribution >= 4 is 11.5 Å². The van der Waals surface area contributed by atoms with Gasteiger partial charge in [0.2, 0.25) is 5.82 Å². The van der Waals surface area contributed by atoms with Crippen LogP contribution in [0.3, 0.4) is 0 Å². The maximum atomic E-state index is 11.0. The first-order valence-electron chi connectivity index (χ1n) is 5.46. The maximum Gasteiger partial charge on any atom is 0.333 e. The Bertz CT molecular complexity index is 384. The molecule has 0 bridgehead atoms. The van der Waals surface area contributed by atoms with E-state index in [1.165, 1.54) is 0 Å². The lowest BCUT2D eigenvalue weighted by molar-refractivity contribution is -0.384. The first-order valence-corrected chi connectivity index (χ1v) is 5.46. The number of hydrogen-bond donors (Lipinski definition) is 1. The van der Waals surface area contributed by atoms with E-state index in [1.807, 2.05) is 20.8 Å². The standard InChI is InChI=1S/C10H18N4O2/c1-5-6-11-10-9(14(15)16)8(4)12-13(10)7(2)3/h7,11H,5-6H2,1-4H3. The zero-order chi connectivity index (χ0) is 12.3. The van der Waals surface area contributed by atoms with Gasteiger partial charge in [-0.1, -0.05) is 6.92 Å². The molecule has 0 unspecified atom stereocenters. The maximum absolute atomic E-state index is 11.0. The molecule has 0 spiro atoms. The molecular weight excluding hydrogens is 208 g/mol. The van der Waals surface area contributed by atoms with Crippen molar-refractivity contribution in [2.75, 3.05) is 11.9 Å². The molecule has 6 nitrogen and oxygen atoms in total. The number of nitrogens with one attached hydrogen (secondary N) is 1. The van der Waals surface area contributed by atoms with Crippen molar-refractivity contribution in [1.82, 2.24) is 9.78 Å². The summed E-state index contributed by atoms with van der Waals surface area (Å²) in [5.74, 6) is 0.513. The zero-order valence-corrected chi connectivity index (χ0v) is 10.1. The number of nitro groups is 1. The van der Waals surface area contributed by atoms with Gasteiger partial charge < -0.3 is 5.32 Å². The molecule has 0 fully saturated rings. The predicted octanol–water partition coefficient (Wildman–Crippen LogP) is 2.50. The van der Waals surface area contributed by atoms with Gasteiger partial charge in [-0.25, -0.2) is 4.68 Å². The molecule has 1 aromatic rings. The molecule has 0 radical (unpaired) electrons. The summed E-state index contributed by atoms with van der Waals surface area (Å²) in [6.45, 7) is 8.29. The summed E-state index contributed by atoms with van der Waals surface area (Å²) in [4.78, 5) is 10.6. The SMILES string of the molecule is CCCNc1c([N+](=O)[O-])c(C)nn1C(C)C. The molecule has 1 N–H and O–H groups in total. The van der Waals surface area contributed by atoms with Gasteiger partial charge in [-0.3, -0.25) is 10.1 Å². The van der Waals surface area contributed by atoms with E-state index in [9.17, 15) is 10.1 Å². The Morgan fingerprint density at radius 2 is 2.19 bits per heavy atom. The van der Waals surface area contributed by atoms with Gasteiger partial charge in [0, 0.05) is 12.6 Å². The number of aromatic nitrogens is 2. The number of hydrogen-bond acceptors (Lipinski definition) is 4. The summed E-state index contributed by atoms with van der Waals surface area (Å²) in [6, 6.07) is 0.103. The summed E-state index contributed by atoms with van der Waals surface area (Å²) >= 11 is 0. The summed E-state index contributed by atoms with van der Waals surface area (Å²) in [5, 5.41) is 18.2. The van der Waals surface area contributed by atoms with E-state index in [-0.39, 0.29) is 16.7 Å². The molecule has 0 saturated heterocycles. The average molecular weight is 226 g/mol. The molecule has 0 atom stereocenters. The van der Waals surface area contributed by atoms with Crippen molar-refractivity contribution in [2.24, 2.45) is 0 Å². The highest BCUT2D eigenvalue weighted by Gasteiger charge is 2.25.